The molecule has 0 heterocycles. The van der Waals surface area contributed by atoms with Crippen molar-refractivity contribution in [3.05, 3.63) is 24.3 Å². The molecular weight excluding hydrogens is 306 g/mol. The molecule has 0 aliphatic heterocycles. The van der Waals surface area contributed by atoms with Gasteiger partial charge in [-0.25, -0.2) is 0 Å². The summed E-state index contributed by atoms with van der Waals surface area (Å²) in [7, 11) is 1.65. The van der Waals surface area contributed by atoms with Crippen molar-refractivity contribution in [2.24, 2.45) is 16.4 Å². The normalized spacial score (nSPS) is 18.3. The van der Waals surface area contributed by atoms with Crippen LogP contribution in [-0.4, -0.2) is 17.9 Å². The summed E-state index contributed by atoms with van der Waals surface area (Å²) < 4.78 is 5.14. The van der Waals surface area contributed by atoms with Crippen LogP contribution in [-0.2, 0) is 0 Å². The minimum atomic E-state index is 0.393. The van der Waals surface area contributed by atoms with Crippen LogP contribution >= 0.6 is 12.2 Å². The van der Waals surface area contributed by atoms with Gasteiger partial charge in [0.15, 0.2) is 5.11 Å². The van der Waals surface area contributed by atoms with Gasteiger partial charge < -0.3 is 10.1 Å². The molecule has 4 nitrogen and oxygen atoms in total. The highest BCUT2D eigenvalue weighted by Crippen LogP contribution is 2.36. The SMILES string of the molecule is COc1ccc(NC(=S)NN=C2CCC(C(C)(C)C)CC2)cc1. The number of hydrogen-bond acceptors (Lipinski definition) is 3. The Balaban J connectivity index is 1.80. The second-order valence-electron chi connectivity index (χ2n) is 7.11. The lowest BCUT2D eigenvalue weighted by Gasteiger charge is -2.34. The van der Waals surface area contributed by atoms with E-state index in [1.54, 1.807) is 7.11 Å². The molecule has 1 aliphatic rings. The van der Waals surface area contributed by atoms with E-state index in [-0.39, 0.29) is 0 Å². The van der Waals surface area contributed by atoms with Gasteiger partial charge in [-0.3, -0.25) is 5.43 Å². The van der Waals surface area contributed by atoms with Crippen molar-refractivity contribution in [1.82, 2.24) is 5.43 Å². The van der Waals surface area contributed by atoms with Crippen molar-refractivity contribution in [2.45, 2.75) is 46.5 Å². The fourth-order valence-corrected chi connectivity index (χ4v) is 3.06. The van der Waals surface area contributed by atoms with E-state index in [9.17, 15) is 0 Å². The summed E-state index contributed by atoms with van der Waals surface area (Å²) >= 11 is 5.29. The molecule has 0 radical (unpaired) electrons. The second-order valence-corrected chi connectivity index (χ2v) is 7.52. The molecule has 1 saturated carbocycles. The molecule has 5 heteroatoms. The number of hydrogen-bond donors (Lipinski definition) is 2. The van der Waals surface area contributed by atoms with Crippen LogP contribution in [0, 0.1) is 11.3 Å². The van der Waals surface area contributed by atoms with E-state index >= 15 is 0 Å². The first-order valence-corrected chi connectivity index (χ1v) is 8.56. The molecule has 0 unspecified atom stereocenters. The molecule has 126 valence electrons. The molecule has 1 aromatic rings. The van der Waals surface area contributed by atoms with E-state index in [1.165, 1.54) is 18.6 Å². The van der Waals surface area contributed by atoms with Crippen LogP contribution in [0.15, 0.2) is 29.4 Å². The molecule has 2 rings (SSSR count). The molecule has 0 amide bonds. The van der Waals surface area contributed by atoms with Gasteiger partial charge in [0.2, 0.25) is 0 Å². The summed E-state index contributed by atoms with van der Waals surface area (Å²) in [6.45, 7) is 6.98. The average molecular weight is 334 g/mol. The highest BCUT2D eigenvalue weighted by atomic mass is 32.1. The first-order valence-electron chi connectivity index (χ1n) is 8.15. The van der Waals surface area contributed by atoms with Crippen molar-refractivity contribution < 1.29 is 4.74 Å². The highest BCUT2D eigenvalue weighted by Gasteiger charge is 2.27. The molecule has 2 N–H and O–H groups in total. The Hall–Kier alpha value is -1.62. The third-order valence-electron chi connectivity index (χ3n) is 4.45. The smallest absolute Gasteiger partial charge is 0.191 e. The largest absolute Gasteiger partial charge is 0.497 e. The fraction of sp³-hybridized carbons (Fsp3) is 0.556. The Morgan fingerprint density at radius 3 is 2.30 bits per heavy atom. The molecule has 1 fully saturated rings. The number of anilines is 1. The zero-order valence-electron chi connectivity index (χ0n) is 14.5. The van der Waals surface area contributed by atoms with E-state index in [1.807, 2.05) is 24.3 Å². The van der Waals surface area contributed by atoms with Crippen LogP contribution in [0.3, 0.4) is 0 Å². The van der Waals surface area contributed by atoms with Crippen molar-refractivity contribution in [2.75, 3.05) is 12.4 Å². The first kappa shape index (κ1) is 17.7. The lowest BCUT2D eigenvalue weighted by Crippen LogP contribution is -2.29. The number of thiocarbonyl (C=S) groups is 1. The van der Waals surface area contributed by atoms with Crippen LogP contribution < -0.4 is 15.5 Å². The van der Waals surface area contributed by atoms with Gasteiger partial charge in [0.25, 0.3) is 0 Å². The van der Waals surface area contributed by atoms with Gasteiger partial charge in [-0.1, -0.05) is 20.8 Å². The van der Waals surface area contributed by atoms with Crippen LogP contribution in [0.5, 0.6) is 5.75 Å². The lowest BCUT2D eigenvalue weighted by molar-refractivity contribution is 0.208. The Morgan fingerprint density at radius 1 is 1.17 bits per heavy atom. The van der Waals surface area contributed by atoms with Gasteiger partial charge >= 0.3 is 0 Å². The number of ether oxygens (including phenoxy) is 1. The van der Waals surface area contributed by atoms with Crippen LogP contribution in [0.25, 0.3) is 0 Å². The monoisotopic (exact) mass is 333 g/mol. The molecule has 0 bridgehead atoms. The molecule has 1 aromatic carbocycles. The minimum absolute atomic E-state index is 0.393. The van der Waals surface area contributed by atoms with Crippen molar-refractivity contribution >= 4 is 28.7 Å². The van der Waals surface area contributed by atoms with Crippen LogP contribution in [0.1, 0.15) is 46.5 Å². The van der Waals surface area contributed by atoms with Crippen LogP contribution in [0.2, 0.25) is 0 Å². The molecule has 0 saturated heterocycles. The average Bonchev–Trinajstić information content (AvgIpc) is 2.53. The molecule has 23 heavy (non-hydrogen) atoms. The predicted octanol–water partition coefficient (Wildman–Crippen LogP) is 4.57. The van der Waals surface area contributed by atoms with Crippen molar-refractivity contribution in [3.63, 3.8) is 0 Å². The summed E-state index contributed by atoms with van der Waals surface area (Å²) in [5.41, 5.74) is 5.48. The Morgan fingerprint density at radius 2 is 1.78 bits per heavy atom. The third kappa shape index (κ3) is 5.50. The van der Waals surface area contributed by atoms with E-state index in [2.05, 4.69) is 36.6 Å². The van der Waals surface area contributed by atoms with Crippen molar-refractivity contribution in [3.8, 4) is 5.75 Å². The number of rotatable bonds is 3. The van der Waals surface area contributed by atoms with E-state index in [4.69, 9.17) is 17.0 Å². The Kier molecular flexibility index (Phi) is 5.99. The van der Waals surface area contributed by atoms with Crippen LogP contribution in [0.4, 0.5) is 5.69 Å². The van der Waals surface area contributed by atoms with E-state index in [0.29, 0.717) is 10.5 Å². The predicted molar refractivity (Wildman–Crippen MR) is 101 cm³/mol. The standard InChI is InChI=1S/C18H27N3OS/c1-18(2,3)13-5-7-15(8-6-13)20-21-17(23)19-14-9-11-16(22-4)12-10-14/h9-13H,5-8H2,1-4H3,(H2,19,21,23). The Bertz CT molecular complexity index is 551. The zero-order chi connectivity index (χ0) is 16.9. The number of hydrazone groups is 1. The maximum absolute atomic E-state index is 5.29. The van der Waals surface area contributed by atoms with Gasteiger partial charge in [0, 0.05) is 11.4 Å². The maximum Gasteiger partial charge on any atom is 0.191 e. The summed E-state index contributed by atoms with van der Waals surface area (Å²) in [6.07, 6.45) is 4.53. The van der Waals surface area contributed by atoms with Gasteiger partial charge in [-0.2, -0.15) is 5.10 Å². The number of methoxy groups -OCH3 is 1. The summed E-state index contributed by atoms with van der Waals surface area (Å²) in [4.78, 5) is 0. The third-order valence-corrected chi connectivity index (χ3v) is 4.64. The van der Waals surface area contributed by atoms with Gasteiger partial charge in [0.1, 0.15) is 5.75 Å². The molecular formula is C18H27N3OS. The lowest BCUT2D eigenvalue weighted by atomic mass is 9.72. The Labute approximate surface area is 144 Å². The number of benzene rings is 1. The quantitative estimate of drug-likeness (QED) is 0.628. The minimum Gasteiger partial charge on any atom is -0.497 e. The summed E-state index contributed by atoms with van der Waals surface area (Å²) in [6, 6.07) is 7.64. The number of nitrogens with zero attached hydrogens (tertiary/aromatic N) is 1. The second kappa shape index (κ2) is 7.77. The van der Waals surface area contributed by atoms with E-state index < -0.39 is 0 Å². The van der Waals surface area contributed by atoms with E-state index in [0.717, 1.165) is 30.2 Å². The molecule has 0 atom stereocenters. The van der Waals surface area contributed by atoms with Gasteiger partial charge in [-0.15, -0.1) is 0 Å². The fourth-order valence-electron chi connectivity index (χ4n) is 2.89. The maximum atomic E-state index is 5.29. The summed E-state index contributed by atoms with van der Waals surface area (Å²) in [5, 5.41) is 8.11. The first-order chi connectivity index (χ1) is 10.9. The van der Waals surface area contributed by atoms with Gasteiger partial charge in [-0.05, 0) is 73.5 Å². The number of nitrogens with one attached hydrogen (secondary N) is 2. The van der Waals surface area contributed by atoms with Gasteiger partial charge in [0.05, 0.1) is 7.11 Å². The molecule has 1 aliphatic carbocycles. The highest BCUT2D eigenvalue weighted by molar-refractivity contribution is 7.80. The zero-order valence-corrected chi connectivity index (χ0v) is 15.3. The summed E-state index contributed by atoms with van der Waals surface area (Å²) in [5.74, 6) is 1.61. The molecule has 0 aromatic heterocycles. The molecule has 0 spiro atoms. The van der Waals surface area contributed by atoms with Crippen molar-refractivity contribution in [1.29, 1.82) is 0 Å². The topological polar surface area (TPSA) is 45.6 Å².